The maximum Gasteiger partial charge on any atom is 0.351 e. The fourth-order valence-electron chi connectivity index (χ4n) is 2.59. The average molecular weight is 378 g/mol. The van der Waals surface area contributed by atoms with Crippen molar-refractivity contribution in [3.63, 3.8) is 0 Å². The number of amides is 1. The van der Waals surface area contributed by atoms with Gasteiger partial charge in [0.25, 0.3) is 5.91 Å². The Labute approximate surface area is 154 Å². The van der Waals surface area contributed by atoms with E-state index in [1.807, 2.05) is 0 Å². The zero-order valence-electron chi connectivity index (χ0n) is 14.3. The quantitative estimate of drug-likeness (QED) is 0.810. The predicted molar refractivity (Wildman–Crippen MR) is 93.6 cm³/mol. The van der Waals surface area contributed by atoms with Crippen molar-refractivity contribution in [1.82, 2.24) is 10.3 Å². The van der Waals surface area contributed by atoms with E-state index < -0.39 is 12.1 Å². The minimum atomic E-state index is -0.759. The summed E-state index contributed by atoms with van der Waals surface area (Å²) in [6.45, 7) is 2.48. The number of ether oxygens (including phenoxy) is 2. The normalized spacial score (nSPS) is 17.3. The number of benzene rings is 1. The Morgan fingerprint density at radius 1 is 1.35 bits per heavy atom. The van der Waals surface area contributed by atoms with Gasteiger partial charge in [0.05, 0.1) is 5.69 Å². The molecule has 1 aromatic carbocycles. The molecule has 8 heteroatoms. The Kier molecular flexibility index (Phi) is 5.82. The molecule has 2 heterocycles. The van der Waals surface area contributed by atoms with Crippen LogP contribution in [0.4, 0.5) is 4.39 Å². The van der Waals surface area contributed by atoms with Crippen LogP contribution in [0.25, 0.3) is 0 Å². The number of nitrogens with zero attached hydrogens (tertiary/aromatic N) is 1. The van der Waals surface area contributed by atoms with E-state index in [9.17, 15) is 14.0 Å². The third-order valence-corrected chi connectivity index (χ3v) is 5.05. The number of hydrogen-bond acceptors (Lipinski definition) is 6. The highest BCUT2D eigenvalue weighted by Gasteiger charge is 2.27. The van der Waals surface area contributed by atoms with Crippen molar-refractivity contribution in [3.8, 4) is 5.75 Å². The largest absolute Gasteiger partial charge is 0.486 e. The lowest BCUT2D eigenvalue weighted by Crippen LogP contribution is -2.36. The summed E-state index contributed by atoms with van der Waals surface area (Å²) >= 11 is 1.17. The standard InChI is InChI=1S/C18H19FN2O4S/c1-11-16(18(23)25-14-4-2-3-9-20-17(14)22)26-15(21-11)10-24-13-7-5-12(19)6-8-13/h5-8,14H,2-4,9-10H2,1H3,(H,20,22). The van der Waals surface area contributed by atoms with Gasteiger partial charge in [-0.2, -0.15) is 0 Å². The maximum absolute atomic E-state index is 12.9. The molecule has 0 bridgehead atoms. The van der Waals surface area contributed by atoms with Crippen LogP contribution in [0, 0.1) is 12.7 Å². The van der Waals surface area contributed by atoms with Crippen molar-refractivity contribution in [2.75, 3.05) is 6.54 Å². The average Bonchev–Trinajstić information content (AvgIpc) is 2.88. The molecule has 1 saturated heterocycles. The summed E-state index contributed by atoms with van der Waals surface area (Å²) in [7, 11) is 0. The van der Waals surface area contributed by atoms with Crippen molar-refractivity contribution in [3.05, 3.63) is 45.7 Å². The Hall–Kier alpha value is -2.48. The number of nitrogens with one attached hydrogen (secondary N) is 1. The first-order valence-corrected chi connectivity index (χ1v) is 9.18. The minimum absolute atomic E-state index is 0.161. The van der Waals surface area contributed by atoms with Crippen LogP contribution in [0.1, 0.15) is 39.6 Å². The third-order valence-electron chi connectivity index (χ3n) is 3.94. The smallest absolute Gasteiger partial charge is 0.351 e. The molecule has 1 fully saturated rings. The first-order valence-electron chi connectivity index (χ1n) is 8.36. The Balaban J connectivity index is 1.62. The van der Waals surface area contributed by atoms with Gasteiger partial charge in [-0.3, -0.25) is 4.79 Å². The lowest BCUT2D eigenvalue weighted by molar-refractivity contribution is -0.129. The summed E-state index contributed by atoms with van der Waals surface area (Å²) in [6.07, 6.45) is 1.47. The molecule has 0 saturated carbocycles. The molecule has 2 aromatic rings. The summed E-state index contributed by atoms with van der Waals surface area (Å²) in [5.41, 5.74) is 0.534. The summed E-state index contributed by atoms with van der Waals surface area (Å²) in [5, 5.41) is 3.34. The van der Waals surface area contributed by atoms with Crippen LogP contribution in [-0.4, -0.2) is 29.5 Å². The molecule has 1 amide bonds. The molecule has 1 atom stereocenters. The maximum atomic E-state index is 12.9. The molecular weight excluding hydrogens is 359 g/mol. The number of rotatable bonds is 5. The van der Waals surface area contributed by atoms with Crippen LogP contribution in [0.3, 0.4) is 0 Å². The monoisotopic (exact) mass is 378 g/mol. The van der Waals surface area contributed by atoms with Crippen molar-refractivity contribution in [2.24, 2.45) is 0 Å². The van der Waals surface area contributed by atoms with Crippen LogP contribution in [0.15, 0.2) is 24.3 Å². The van der Waals surface area contributed by atoms with Gasteiger partial charge in [-0.15, -0.1) is 11.3 Å². The highest BCUT2D eigenvalue weighted by Crippen LogP contribution is 2.23. The molecule has 0 spiro atoms. The van der Waals surface area contributed by atoms with Crippen LogP contribution in [0.5, 0.6) is 5.75 Å². The molecular formula is C18H19FN2O4S. The van der Waals surface area contributed by atoms with E-state index >= 15 is 0 Å². The Morgan fingerprint density at radius 2 is 2.12 bits per heavy atom. The fourth-order valence-corrected chi connectivity index (χ4v) is 3.45. The number of aryl methyl sites for hydroxylation is 1. The number of carbonyl (C=O) groups excluding carboxylic acids is 2. The first kappa shape index (κ1) is 18.3. The van der Waals surface area contributed by atoms with Gasteiger partial charge in [-0.05, 0) is 50.5 Å². The number of aromatic nitrogens is 1. The van der Waals surface area contributed by atoms with E-state index in [0.29, 0.717) is 34.3 Å². The first-order chi connectivity index (χ1) is 12.5. The molecule has 1 aliphatic heterocycles. The highest BCUT2D eigenvalue weighted by molar-refractivity contribution is 7.13. The molecule has 138 valence electrons. The fraction of sp³-hybridized carbons (Fsp3) is 0.389. The van der Waals surface area contributed by atoms with Gasteiger partial charge < -0.3 is 14.8 Å². The summed E-state index contributed by atoms with van der Waals surface area (Å²) in [4.78, 5) is 29.0. The van der Waals surface area contributed by atoms with Gasteiger partial charge >= 0.3 is 5.97 Å². The number of halogens is 1. The number of thiazole rings is 1. The van der Waals surface area contributed by atoms with E-state index in [2.05, 4.69) is 10.3 Å². The van der Waals surface area contributed by atoms with E-state index in [1.54, 1.807) is 6.92 Å². The van der Waals surface area contributed by atoms with E-state index in [1.165, 1.54) is 35.6 Å². The predicted octanol–water partition coefficient (Wildman–Crippen LogP) is 3.00. The van der Waals surface area contributed by atoms with Gasteiger partial charge in [-0.1, -0.05) is 0 Å². The molecule has 1 N–H and O–H groups in total. The van der Waals surface area contributed by atoms with E-state index in [-0.39, 0.29) is 18.3 Å². The number of hydrogen-bond donors (Lipinski definition) is 1. The zero-order chi connectivity index (χ0) is 18.5. The minimum Gasteiger partial charge on any atom is -0.486 e. The SMILES string of the molecule is Cc1nc(COc2ccc(F)cc2)sc1C(=O)OC1CCCCNC1=O. The summed E-state index contributed by atoms with van der Waals surface area (Å²) in [5.74, 6) is -0.624. The number of carbonyl (C=O) groups is 2. The zero-order valence-corrected chi connectivity index (χ0v) is 15.1. The van der Waals surface area contributed by atoms with Crippen LogP contribution in [-0.2, 0) is 16.1 Å². The second-order valence-corrected chi connectivity index (χ2v) is 7.03. The van der Waals surface area contributed by atoms with Crippen LogP contribution in [0.2, 0.25) is 0 Å². The van der Waals surface area contributed by atoms with Gasteiger partial charge in [0.15, 0.2) is 6.10 Å². The van der Waals surface area contributed by atoms with E-state index in [0.717, 1.165) is 12.8 Å². The number of esters is 1. The molecule has 1 unspecified atom stereocenters. The third kappa shape index (κ3) is 4.57. The lowest BCUT2D eigenvalue weighted by Gasteiger charge is -2.13. The van der Waals surface area contributed by atoms with Gasteiger partial charge in [-0.25, -0.2) is 14.2 Å². The molecule has 1 aliphatic rings. The highest BCUT2D eigenvalue weighted by atomic mass is 32.1. The molecule has 6 nitrogen and oxygen atoms in total. The summed E-state index contributed by atoms with van der Waals surface area (Å²) in [6, 6.07) is 5.66. The van der Waals surface area contributed by atoms with Crippen LogP contribution < -0.4 is 10.1 Å². The summed E-state index contributed by atoms with van der Waals surface area (Å²) < 4.78 is 23.8. The Bertz CT molecular complexity index is 791. The Morgan fingerprint density at radius 3 is 2.88 bits per heavy atom. The molecule has 3 rings (SSSR count). The molecule has 1 aromatic heterocycles. The second kappa shape index (κ2) is 8.27. The van der Waals surface area contributed by atoms with Gasteiger partial charge in [0.2, 0.25) is 0 Å². The van der Waals surface area contributed by atoms with Gasteiger partial charge in [0, 0.05) is 6.54 Å². The van der Waals surface area contributed by atoms with Crippen molar-refractivity contribution in [2.45, 2.75) is 38.9 Å². The lowest BCUT2D eigenvalue weighted by atomic mass is 10.2. The molecule has 0 radical (unpaired) electrons. The molecule has 26 heavy (non-hydrogen) atoms. The second-order valence-electron chi connectivity index (χ2n) is 5.95. The molecule has 0 aliphatic carbocycles. The topological polar surface area (TPSA) is 77.5 Å². The van der Waals surface area contributed by atoms with Crippen LogP contribution >= 0.6 is 11.3 Å². The van der Waals surface area contributed by atoms with Crippen molar-refractivity contribution >= 4 is 23.2 Å². The van der Waals surface area contributed by atoms with E-state index in [4.69, 9.17) is 9.47 Å². The van der Waals surface area contributed by atoms with Crippen molar-refractivity contribution in [1.29, 1.82) is 0 Å². The van der Waals surface area contributed by atoms with Crippen molar-refractivity contribution < 1.29 is 23.5 Å². The van der Waals surface area contributed by atoms with Gasteiger partial charge in [0.1, 0.15) is 28.1 Å².